The van der Waals surface area contributed by atoms with Crippen molar-refractivity contribution in [1.82, 2.24) is 0 Å². The summed E-state index contributed by atoms with van der Waals surface area (Å²) < 4.78 is 0. The lowest BCUT2D eigenvalue weighted by atomic mass is 9.39. The lowest BCUT2D eigenvalue weighted by Gasteiger charge is -2.50. The Hall–Kier alpha value is -7.16. The third kappa shape index (κ3) is 5.15. The van der Waals surface area contributed by atoms with E-state index in [1.54, 1.807) is 0 Å². The van der Waals surface area contributed by atoms with E-state index in [2.05, 4.69) is 238 Å². The Morgan fingerprint density at radius 1 is 0.328 bits per heavy atom. The molecule has 0 N–H and O–H groups in total. The van der Waals surface area contributed by atoms with Crippen molar-refractivity contribution < 1.29 is 0 Å². The molecule has 1 unspecified atom stereocenters. The van der Waals surface area contributed by atoms with Crippen LogP contribution in [0.25, 0.3) is 55.6 Å². The molecule has 2 heteroatoms. The van der Waals surface area contributed by atoms with E-state index in [1.165, 1.54) is 106 Å². The van der Waals surface area contributed by atoms with Crippen molar-refractivity contribution in [3.8, 4) is 55.6 Å². The molecule has 2 aliphatic heterocycles. The minimum Gasteiger partial charge on any atom is -0.375 e. The zero-order valence-electron chi connectivity index (χ0n) is 34.7. The zero-order chi connectivity index (χ0) is 40.9. The predicted molar refractivity (Wildman–Crippen MR) is 258 cm³/mol. The molecule has 0 amide bonds. The number of hydrogen-bond acceptors (Lipinski definition) is 1. The lowest BCUT2D eigenvalue weighted by Crippen LogP contribution is -2.63. The van der Waals surface area contributed by atoms with Gasteiger partial charge in [-0.15, -0.1) is 0 Å². The summed E-state index contributed by atoms with van der Waals surface area (Å²) in [5.41, 5.74) is 23.9. The molecule has 1 aliphatic carbocycles. The number of nitrogens with zero attached hydrogens (tertiary/aromatic N) is 1. The van der Waals surface area contributed by atoms with Crippen molar-refractivity contribution in [2.24, 2.45) is 0 Å². The monoisotopic (exact) mass is 777 g/mol. The van der Waals surface area contributed by atoms with Crippen LogP contribution < -0.4 is 15.7 Å². The van der Waals surface area contributed by atoms with Gasteiger partial charge in [-0.25, -0.2) is 0 Å². The fraction of sp³-hybridized carbons (Fsp3) is 0.0847. The van der Waals surface area contributed by atoms with Gasteiger partial charge in [0.1, 0.15) is 0 Å². The number of hydrogen-bond donors (Lipinski definition) is 0. The van der Waals surface area contributed by atoms with Crippen LogP contribution in [0.15, 0.2) is 212 Å². The molecule has 0 bridgehead atoms. The molecule has 0 saturated carbocycles. The highest BCUT2D eigenvalue weighted by Gasteiger charge is 2.53. The molecule has 0 saturated heterocycles. The van der Waals surface area contributed by atoms with E-state index in [1.807, 2.05) is 0 Å². The molecule has 12 rings (SSSR count). The first-order chi connectivity index (χ1) is 29.9. The van der Waals surface area contributed by atoms with E-state index in [9.17, 15) is 0 Å². The van der Waals surface area contributed by atoms with Crippen LogP contribution in [0.1, 0.15) is 48.6 Å². The van der Waals surface area contributed by atoms with Crippen LogP contribution in [0.2, 0.25) is 0 Å². The van der Waals surface area contributed by atoms with Gasteiger partial charge in [0.05, 0.1) is 0 Å². The normalized spacial score (nSPS) is 16.2. The fourth-order valence-electron chi connectivity index (χ4n) is 11.3. The summed E-state index contributed by atoms with van der Waals surface area (Å²) >= 11 is 0. The predicted octanol–water partition coefficient (Wildman–Crippen LogP) is 13.6. The van der Waals surface area contributed by atoms with Crippen molar-refractivity contribution in [3.63, 3.8) is 0 Å². The second kappa shape index (κ2) is 13.4. The Kier molecular flexibility index (Phi) is 7.87. The molecule has 0 spiro atoms. The average Bonchev–Trinajstić information content (AvgIpc) is 3.59. The maximum Gasteiger partial charge on any atom is 0.328 e. The van der Waals surface area contributed by atoms with E-state index in [0.29, 0.717) is 0 Å². The van der Waals surface area contributed by atoms with Gasteiger partial charge in [0.15, 0.2) is 0 Å². The lowest BCUT2D eigenvalue weighted by molar-refractivity contribution is 0.634. The van der Waals surface area contributed by atoms with E-state index in [-0.39, 0.29) is 17.7 Å². The highest BCUT2D eigenvalue weighted by molar-refractivity contribution is 6.90. The molecular formula is C59H44BN. The third-order valence-corrected chi connectivity index (χ3v) is 14.1. The van der Waals surface area contributed by atoms with Crippen molar-refractivity contribution in [1.29, 1.82) is 0 Å². The molecule has 9 aromatic rings. The second-order valence-electron chi connectivity index (χ2n) is 17.7. The van der Waals surface area contributed by atoms with Gasteiger partial charge in [0, 0.05) is 33.3 Å². The summed E-state index contributed by atoms with van der Waals surface area (Å²) in [5.74, 6) is 0. The SMILES string of the molecule is CC1(C)c2cc(-c3ccccc3)cc(-c3ccccc3)c2N(B2c3ccccc3C3(C)c4ccccc4-c4cccc2c43)c2c(-c3ccccc3)cc(-c3ccccc3)cc21. The van der Waals surface area contributed by atoms with Gasteiger partial charge in [0.2, 0.25) is 0 Å². The summed E-state index contributed by atoms with van der Waals surface area (Å²) in [6.45, 7) is 7.26. The first-order valence-corrected chi connectivity index (χ1v) is 21.6. The summed E-state index contributed by atoms with van der Waals surface area (Å²) in [4.78, 5) is 2.79. The smallest absolute Gasteiger partial charge is 0.328 e. The third-order valence-electron chi connectivity index (χ3n) is 14.1. The summed E-state index contributed by atoms with van der Waals surface area (Å²) in [6.07, 6.45) is 0. The van der Waals surface area contributed by atoms with Crippen LogP contribution in [0.5, 0.6) is 0 Å². The van der Waals surface area contributed by atoms with Crippen LogP contribution in [-0.4, -0.2) is 6.85 Å². The Morgan fingerprint density at radius 2 is 0.754 bits per heavy atom. The van der Waals surface area contributed by atoms with Gasteiger partial charge >= 0.3 is 6.85 Å². The van der Waals surface area contributed by atoms with Crippen LogP contribution in [0.4, 0.5) is 11.4 Å². The van der Waals surface area contributed by atoms with Crippen molar-refractivity contribution in [2.75, 3.05) is 4.81 Å². The Balaban J connectivity index is 1.26. The van der Waals surface area contributed by atoms with Crippen LogP contribution in [0.3, 0.4) is 0 Å². The number of fused-ring (bicyclic) bond motifs is 7. The zero-order valence-corrected chi connectivity index (χ0v) is 34.7. The maximum atomic E-state index is 2.79. The van der Waals surface area contributed by atoms with Crippen molar-refractivity contribution >= 4 is 29.1 Å². The fourth-order valence-corrected chi connectivity index (χ4v) is 11.3. The number of anilines is 2. The van der Waals surface area contributed by atoms with Gasteiger partial charge < -0.3 is 4.81 Å². The van der Waals surface area contributed by atoms with Gasteiger partial charge in [-0.1, -0.05) is 202 Å². The van der Waals surface area contributed by atoms with E-state index >= 15 is 0 Å². The minimum atomic E-state index is -0.388. The van der Waals surface area contributed by atoms with Crippen LogP contribution >= 0.6 is 0 Å². The minimum absolute atomic E-state index is 0.128. The van der Waals surface area contributed by atoms with Gasteiger partial charge in [0.25, 0.3) is 0 Å². The van der Waals surface area contributed by atoms with Crippen molar-refractivity contribution in [3.05, 3.63) is 240 Å². The maximum absolute atomic E-state index is 2.79. The molecule has 288 valence electrons. The molecule has 0 fully saturated rings. The van der Waals surface area contributed by atoms with E-state index < -0.39 is 0 Å². The first kappa shape index (κ1) is 35.8. The number of benzene rings is 9. The van der Waals surface area contributed by atoms with E-state index in [0.717, 1.165) is 0 Å². The highest BCUT2D eigenvalue weighted by atomic mass is 15.1. The van der Waals surface area contributed by atoms with Crippen LogP contribution in [0, 0.1) is 0 Å². The van der Waals surface area contributed by atoms with Gasteiger partial charge in [-0.3, -0.25) is 0 Å². The van der Waals surface area contributed by atoms with Crippen LogP contribution in [-0.2, 0) is 10.8 Å². The van der Waals surface area contributed by atoms with E-state index in [4.69, 9.17) is 0 Å². The average molecular weight is 778 g/mol. The quantitative estimate of drug-likeness (QED) is 0.157. The highest BCUT2D eigenvalue weighted by Crippen LogP contribution is 2.59. The number of rotatable bonds is 5. The largest absolute Gasteiger partial charge is 0.375 e. The molecule has 61 heavy (non-hydrogen) atoms. The molecular weight excluding hydrogens is 733 g/mol. The Morgan fingerprint density at radius 3 is 1.30 bits per heavy atom. The van der Waals surface area contributed by atoms with Gasteiger partial charge in [-0.2, -0.15) is 0 Å². The van der Waals surface area contributed by atoms with Gasteiger partial charge in [-0.05, 0) is 114 Å². The second-order valence-corrected chi connectivity index (χ2v) is 17.7. The summed E-state index contributed by atoms with van der Waals surface area (Å²) in [6, 6.07) is 79.6. The molecule has 9 aromatic carbocycles. The van der Waals surface area contributed by atoms with Crippen molar-refractivity contribution in [2.45, 2.75) is 31.6 Å². The first-order valence-electron chi connectivity index (χ1n) is 21.6. The topological polar surface area (TPSA) is 3.24 Å². The summed E-state index contributed by atoms with van der Waals surface area (Å²) in [5, 5.41) is 0. The summed E-state index contributed by atoms with van der Waals surface area (Å²) in [7, 11) is 0. The Labute approximate surface area is 359 Å². The molecule has 2 heterocycles. The Bertz CT molecular complexity index is 3030. The molecule has 0 aromatic heterocycles. The molecule has 1 nitrogen and oxygen atoms in total. The molecule has 0 radical (unpaired) electrons. The molecule has 1 atom stereocenters. The molecule has 3 aliphatic rings. The standard InChI is InChI=1S/C59H44BN/c1-58(2)51-37-43(39-21-8-4-9-22-39)35-47(41-25-12-6-13-26-41)56(51)61(57-48(42-27-14-7-15-28-42)36-44(38-52(57)58)40-23-10-5-11-24-40)60-53-33-19-18-32-50(53)59(3)49-31-17-16-29-45(49)46-30-20-34-54(60)55(46)59/h4-38H,1-3H3.